The molecule has 28 heavy (non-hydrogen) atoms. The molecule has 0 aliphatic carbocycles. The fraction of sp³-hybridized carbons (Fsp3) is 0.190. The van der Waals surface area contributed by atoms with Crippen LogP contribution in [-0.4, -0.2) is 26.4 Å². The minimum absolute atomic E-state index is 0.0702. The van der Waals surface area contributed by atoms with Crippen LogP contribution in [-0.2, 0) is 17.8 Å². The number of aromatic nitrogens is 3. The quantitative estimate of drug-likeness (QED) is 0.445. The van der Waals surface area contributed by atoms with E-state index in [0.29, 0.717) is 17.3 Å². The fourth-order valence-corrected chi connectivity index (χ4v) is 4.58. The van der Waals surface area contributed by atoms with Crippen molar-refractivity contribution in [2.75, 3.05) is 11.1 Å². The van der Waals surface area contributed by atoms with Crippen LogP contribution in [0.25, 0.3) is 10.9 Å². The summed E-state index contributed by atoms with van der Waals surface area (Å²) in [6, 6.07) is 18.3. The van der Waals surface area contributed by atoms with Gasteiger partial charge >= 0.3 is 0 Å². The lowest BCUT2D eigenvalue weighted by Crippen LogP contribution is -2.13. The Labute approximate surface area is 171 Å². The average Bonchev–Trinajstić information content (AvgIpc) is 3.32. The first-order valence-electron chi connectivity index (χ1n) is 9.09. The Kier molecular flexibility index (Phi) is 5.73. The zero-order valence-electron chi connectivity index (χ0n) is 15.5. The number of anilines is 1. The predicted molar refractivity (Wildman–Crippen MR) is 116 cm³/mol. The van der Waals surface area contributed by atoms with E-state index in [2.05, 4.69) is 57.5 Å². The Morgan fingerprint density at radius 2 is 1.89 bits per heavy atom. The van der Waals surface area contributed by atoms with Crippen molar-refractivity contribution in [2.45, 2.75) is 24.8 Å². The molecule has 4 aromatic rings. The lowest BCUT2D eigenvalue weighted by molar-refractivity contribution is -0.113. The highest BCUT2D eigenvalue weighted by Gasteiger charge is 2.12. The van der Waals surface area contributed by atoms with Gasteiger partial charge in [-0.15, -0.1) is 22.0 Å². The van der Waals surface area contributed by atoms with Crippen molar-refractivity contribution in [2.24, 2.45) is 0 Å². The van der Waals surface area contributed by atoms with Crippen molar-refractivity contribution in [1.82, 2.24) is 14.8 Å². The molecule has 5 nitrogen and oxygen atoms in total. The Bertz CT molecular complexity index is 1090. The van der Waals surface area contributed by atoms with Gasteiger partial charge in [0, 0.05) is 35.0 Å². The van der Waals surface area contributed by atoms with Crippen LogP contribution >= 0.6 is 23.1 Å². The maximum Gasteiger partial charge on any atom is 0.236 e. The van der Waals surface area contributed by atoms with Crippen molar-refractivity contribution in [3.63, 3.8) is 0 Å². The molecule has 2 heterocycles. The predicted octanol–water partition coefficient (Wildman–Crippen LogP) is 4.83. The molecule has 0 unspecified atom stereocenters. The third-order valence-electron chi connectivity index (χ3n) is 4.38. The van der Waals surface area contributed by atoms with Crippen LogP contribution < -0.4 is 5.32 Å². The zero-order valence-corrected chi connectivity index (χ0v) is 17.1. The summed E-state index contributed by atoms with van der Waals surface area (Å²) in [7, 11) is 0. The van der Waals surface area contributed by atoms with E-state index in [1.807, 2.05) is 30.3 Å². The normalized spacial score (nSPS) is 11.0. The van der Waals surface area contributed by atoms with Crippen LogP contribution in [0.2, 0.25) is 0 Å². The number of thioether (sulfide) groups is 1. The summed E-state index contributed by atoms with van der Waals surface area (Å²) in [5, 5.41) is 13.9. The molecule has 0 saturated heterocycles. The number of amides is 1. The summed E-state index contributed by atoms with van der Waals surface area (Å²) in [6.45, 7) is 3.07. The van der Waals surface area contributed by atoms with Gasteiger partial charge in [0.05, 0.1) is 5.75 Å². The first kappa shape index (κ1) is 18.7. The molecule has 0 fully saturated rings. The maximum absolute atomic E-state index is 12.2. The highest BCUT2D eigenvalue weighted by Crippen LogP contribution is 2.26. The first-order chi connectivity index (χ1) is 13.7. The number of hydrogen-bond donors (Lipinski definition) is 1. The van der Waals surface area contributed by atoms with Gasteiger partial charge in [-0.1, -0.05) is 47.7 Å². The molecule has 1 amide bonds. The zero-order chi connectivity index (χ0) is 19.3. The van der Waals surface area contributed by atoms with Crippen LogP contribution in [0.4, 0.5) is 5.13 Å². The van der Waals surface area contributed by atoms with Gasteiger partial charge in [-0.3, -0.25) is 10.1 Å². The van der Waals surface area contributed by atoms with Gasteiger partial charge in [0.2, 0.25) is 11.0 Å². The molecule has 0 aliphatic heterocycles. The highest BCUT2D eigenvalue weighted by molar-refractivity contribution is 8.00. The van der Waals surface area contributed by atoms with Crippen molar-refractivity contribution in [3.8, 4) is 0 Å². The molecule has 2 aromatic heterocycles. The van der Waals surface area contributed by atoms with Crippen LogP contribution in [0.1, 0.15) is 17.5 Å². The lowest BCUT2D eigenvalue weighted by Gasteiger charge is -2.01. The summed E-state index contributed by atoms with van der Waals surface area (Å²) in [6.07, 6.45) is 2.89. The van der Waals surface area contributed by atoms with Crippen molar-refractivity contribution in [1.29, 1.82) is 0 Å². The van der Waals surface area contributed by atoms with E-state index in [-0.39, 0.29) is 5.91 Å². The second-order valence-corrected chi connectivity index (χ2v) is 8.40. The third-order valence-corrected chi connectivity index (χ3v) is 6.23. The number of fused-ring (bicyclic) bond motifs is 1. The number of para-hydroxylation sites is 1. The van der Waals surface area contributed by atoms with Gasteiger partial charge in [-0.05, 0) is 30.7 Å². The second-order valence-electron chi connectivity index (χ2n) is 6.29. The topological polar surface area (TPSA) is 59.8 Å². The molecule has 7 heteroatoms. The molecule has 0 saturated carbocycles. The monoisotopic (exact) mass is 408 g/mol. The third kappa shape index (κ3) is 4.26. The second kappa shape index (κ2) is 8.58. The van der Waals surface area contributed by atoms with Crippen molar-refractivity contribution >= 4 is 45.0 Å². The number of hydrogen-bond acceptors (Lipinski definition) is 5. The molecule has 1 N–H and O–H groups in total. The summed E-state index contributed by atoms with van der Waals surface area (Å²) < 4.78 is 2.25. The number of carbonyl (C=O) groups excluding carboxylic acids is 1. The highest BCUT2D eigenvalue weighted by atomic mass is 32.2. The van der Waals surface area contributed by atoms with E-state index in [9.17, 15) is 4.79 Å². The molecule has 142 valence electrons. The number of nitrogens with one attached hydrogen (secondary N) is 1. The summed E-state index contributed by atoms with van der Waals surface area (Å²) in [4.78, 5) is 13.2. The number of benzene rings is 2. The van der Waals surface area contributed by atoms with Crippen LogP contribution in [0.5, 0.6) is 0 Å². The smallest absolute Gasteiger partial charge is 0.236 e. The molecular formula is C21H20N4OS2. The molecule has 0 radical (unpaired) electrons. The van der Waals surface area contributed by atoms with Crippen molar-refractivity contribution < 1.29 is 4.79 Å². The minimum atomic E-state index is -0.0702. The van der Waals surface area contributed by atoms with Crippen LogP contribution in [0.3, 0.4) is 0 Å². The molecule has 0 bridgehead atoms. The number of nitrogens with zero attached hydrogens (tertiary/aromatic N) is 3. The lowest BCUT2D eigenvalue weighted by atomic mass is 10.1. The van der Waals surface area contributed by atoms with E-state index in [1.165, 1.54) is 39.6 Å². The van der Waals surface area contributed by atoms with Gasteiger partial charge in [0.15, 0.2) is 0 Å². The van der Waals surface area contributed by atoms with Crippen molar-refractivity contribution in [3.05, 3.63) is 71.4 Å². The van der Waals surface area contributed by atoms with Gasteiger partial charge in [0.25, 0.3) is 0 Å². The Balaban J connectivity index is 1.40. The Morgan fingerprint density at radius 3 is 2.71 bits per heavy atom. The minimum Gasteiger partial charge on any atom is -0.347 e. The number of rotatable bonds is 7. The summed E-state index contributed by atoms with van der Waals surface area (Å²) in [5.41, 5.74) is 2.46. The molecule has 0 atom stereocenters. The first-order valence-corrected chi connectivity index (χ1v) is 10.9. The van der Waals surface area contributed by atoms with E-state index >= 15 is 0 Å². The van der Waals surface area contributed by atoms with Gasteiger partial charge in [-0.2, -0.15) is 0 Å². The molecule has 2 aromatic carbocycles. The van der Waals surface area contributed by atoms with E-state index in [0.717, 1.165) is 16.4 Å². The summed E-state index contributed by atoms with van der Waals surface area (Å²) >= 11 is 2.94. The number of aryl methyl sites for hydroxylation is 1. The Hall–Kier alpha value is -2.64. The molecule has 4 rings (SSSR count). The van der Waals surface area contributed by atoms with Gasteiger partial charge in [0.1, 0.15) is 5.01 Å². The summed E-state index contributed by atoms with van der Waals surface area (Å²) in [5.74, 6) is 0.280. The molecular weight excluding hydrogens is 388 g/mol. The fourth-order valence-electron chi connectivity index (χ4n) is 3.08. The average molecular weight is 409 g/mol. The van der Waals surface area contributed by atoms with E-state index < -0.39 is 0 Å². The largest absolute Gasteiger partial charge is 0.347 e. The molecule has 0 aliphatic rings. The maximum atomic E-state index is 12.2. The standard InChI is InChI=1S/C21H20N4OS2/c1-2-25-13-15(17-10-6-7-11-18(17)25)12-20-23-24-21(28-20)22-19(26)14-27-16-8-4-3-5-9-16/h3-11,13H,2,12,14H2,1H3,(H,22,24,26). The van der Waals surface area contributed by atoms with E-state index in [1.54, 1.807) is 0 Å². The molecule has 0 spiro atoms. The van der Waals surface area contributed by atoms with Crippen LogP contribution in [0, 0.1) is 0 Å². The van der Waals surface area contributed by atoms with Crippen LogP contribution in [0.15, 0.2) is 65.7 Å². The van der Waals surface area contributed by atoms with Gasteiger partial charge in [-0.25, -0.2) is 0 Å². The van der Waals surface area contributed by atoms with Gasteiger partial charge < -0.3 is 4.57 Å². The Morgan fingerprint density at radius 1 is 1.11 bits per heavy atom. The SMILES string of the molecule is CCn1cc(Cc2nnc(NC(=O)CSc3ccccc3)s2)c2ccccc21. The van der Waals surface area contributed by atoms with E-state index in [4.69, 9.17) is 0 Å². The number of carbonyl (C=O) groups is 1.